The Morgan fingerprint density at radius 2 is 1.94 bits per heavy atom. The van der Waals surface area contributed by atoms with Gasteiger partial charge in [-0.15, -0.1) is 0 Å². The minimum Gasteiger partial charge on any atom is -0.493 e. The molecule has 1 amide bonds. The van der Waals surface area contributed by atoms with Crippen LogP contribution in [0.3, 0.4) is 0 Å². The Labute approximate surface area is 185 Å². The first kappa shape index (κ1) is 22.3. The lowest BCUT2D eigenvalue weighted by Gasteiger charge is -2.08. The fourth-order valence-corrected chi connectivity index (χ4v) is 3.62. The van der Waals surface area contributed by atoms with Gasteiger partial charge in [0.15, 0.2) is 0 Å². The third-order valence-corrected chi connectivity index (χ3v) is 5.26. The summed E-state index contributed by atoms with van der Waals surface area (Å²) in [5.74, 6) is 0.0322. The van der Waals surface area contributed by atoms with Crippen molar-refractivity contribution >= 4 is 33.5 Å². The van der Waals surface area contributed by atoms with E-state index in [9.17, 15) is 22.4 Å². The predicted octanol–water partition coefficient (Wildman–Crippen LogP) is 4.30. The fourth-order valence-electron chi connectivity index (χ4n) is 3.62. The molecule has 0 unspecified atom stereocenters. The summed E-state index contributed by atoms with van der Waals surface area (Å²) in [6.45, 7) is 0.483. The highest BCUT2D eigenvalue weighted by Crippen LogP contribution is 2.35. The zero-order valence-electron chi connectivity index (χ0n) is 17.7. The van der Waals surface area contributed by atoms with Gasteiger partial charge < -0.3 is 10.5 Å². The Bertz CT molecular complexity index is 1360. The highest BCUT2D eigenvalue weighted by Gasteiger charge is 2.31. The minimum atomic E-state index is -4.28. The van der Waals surface area contributed by atoms with Crippen LogP contribution in [0.2, 0.25) is 0 Å². The molecule has 7 nitrogen and oxygen atoms in total. The largest absolute Gasteiger partial charge is 0.493 e. The number of nitrogen functional groups attached to an aromatic ring is 1. The first-order valence-electron chi connectivity index (χ1n) is 9.84. The Hall–Kier alpha value is -3.89. The van der Waals surface area contributed by atoms with Crippen molar-refractivity contribution in [3.05, 3.63) is 59.3 Å². The zero-order chi connectivity index (χ0) is 23.9. The van der Waals surface area contributed by atoms with E-state index < -0.39 is 17.6 Å². The number of anilines is 1. The molecule has 2 aromatic carbocycles. The number of benzene rings is 2. The van der Waals surface area contributed by atoms with Crippen LogP contribution in [0.15, 0.2) is 42.6 Å². The van der Waals surface area contributed by atoms with Crippen LogP contribution in [0, 0.1) is 0 Å². The van der Waals surface area contributed by atoms with Crippen LogP contribution >= 0.6 is 0 Å². The number of carbonyl (C=O) groups excluding carboxylic acids is 1. The SMILES string of the molecule is CN(F)C(=O)c1ccc2nc(N)c3c(cnn3C)c2c1.FC(F)(F)c1ccc2c(c1)OCC2. The van der Waals surface area contributed by atoms with Gasteiger partial charge in [0, 0.05) is 36.9 Å². The molecule has 0 saturated heterocycles. The number of pyridine rings is 1. The number of aromatic nitrogens is 3. The quantitative estimate of drug-likeness (QED) is 0.337. The topological polar surface area (TPSA) is 86.3 Å². The molecule has 0 saturated carbocycles. The number of rotatable bonds is 1. The van der Waals surface area contributed by atoms with Crippen molar-refractivity contribution in [2.75, 3.05) is 19.4 Å². The Morgan fingerprint density at radius 3 is 2.64 bits per heavy atom. The van der Waals surface area contributed by atoms with Crippen LogP contribution in [0.25, 0.3) is 21.8 Å². The van der Waals surface area contributed by atoms with Gasteiger partial charge in [0.05, 0.1) is 23.9 Å². The highest BCUT2D eigenvalue weighted by molar-refractivity contribution is 6.10. The van der Waals surface area contributed by atoms with Gasteiger partial charge in [0.1, 0.15) is 17.1 Å². The van der Waals surface area contributed by atoms with Gasteiger partial charge in [-0.2, -0.15) is 23.4 Å². The van der Waals surface area contributed by atoms with E-state index in [4.69, 9.17) is 10.5 Å². The van der Waals surface area contributed by atoms with E-state index in [-0.39, 0.29) is 10.7 Å². The molecule has 172 valence electrons. The van der Waals surface area contributed by atoms with E-state index in [0.29, 0.717) is 35.6 Å². The second-order valence-electron chi connectivity index (χ2n) is 7.46. The molecule has 0 radical (unpaired) electrons. The number of ether oxygens (including phenoxy) is 1. The lowest BCUT2D eigenvalue weighted by molar-refractivity contribution is -0.137. The van der Waals surface area contributed by atoms with Gasteiger partial charge in [-0.25, -0.2) is 4.98 Å². The van der Waals surface area contributed by atoms with Crippen molar-refractivity contribution in [1.29, 1.82) is 0 Å². The maximum atomic E-state index is 13.0. The maximum Gasteiger partial charge on any atom is 0.416 e. The lowest BCUT2D eigenvalue weighted by atomic mass is 10.1. The number of nitrogens with zero attached hydrogens (tertiary/aromatic N) is 4. The molecule has 2 aromatic heterocycles. The van der Waals surface area contributed by atoms with E-state index in [1.807, 2.05) is 0 Å². The molecule has 0 atom stereocenters. The van der Waals surface area contributed by atoms with Gasteiger partial charge in [-0.1, -0.05) is 10.5 Å². The van der Waals surface area contributed by atoms with Crippen LogP contribution in [-0.2, 0) is 19.6 Å². The van der Waals surface area contributed by atoms with Crippen molar-refractivity contribution in [2.45, 2.75) is 12.6 Å². The summed E-state index contributed by atoms with van der Waals surface area (Å²) >= 11 is 0. The number of hydrogen-bond acceptors (Lipinski definition) is 5. The first-order valence-corrected chi connectivity index (χ1v) is 9.84. The predicted molar refractivity (Wildman–Crippen MR) is 114 cm³/mol. The van der Waals surface area contributed by atoms with Crippen molar-refractivity contribution in [3.63, 3.8) is 0 Å². The summed E-state index contributed by atoms with van der Waals surface area (Å²) in [6.07, 6.45) is -1.92. The molecule has 0 spiro atoms. The molecule has 1 aliphatic rings. The van der Waals surface area contributed by atoms with Gasteiger partial charge in [0.25, 0.3) is 5.91 Å². The number of nitrogens with two attached hydrogens (primary N) is 1. The molecule has 0 bridgehead atoms. The highest BCUT2D eigenvalue weighted by atomic mass is 19.4. The number of amides is 1. The molecule has 1 aliphatic heterocycles. The van der Waals surface area contributed by atoms with Gasteiger partial charge in [0.2, 0.25) is 0 Å². The number of hydrogen-bond donors (Lipinski definition) is 1. The molecule has 0 aliphatic carbocycles. The normalized spacial score (nSPS) is 12.8. The average Bonchev–Trinajstić information content (AvgIpc) is 3.39. The molecule has 3 heterocycles. The van der Waals surface area contributed by atoms with Crippen molar-refractivity contribution in [2.24, 2.45) is 7.05 Å². The van der Waals surface area contributed by atoms with Crippen LogP contribution < -0.4 is 10.5 Å². The van der Waals surface area contributed by atoms with E-state index in [1.165, 1.54) is 12.1 Å². The van der Waals surface area contributed by atoms with Gasteiger partial charge in [-0.05, 0) is 35.9 Å². The second-order valence-corrected chi connectivity index (χ2v) is 7.46. The molecule has 5 rings (SSSR count). The van der Waals surface area contributed by atoms with E-state index >= 15 is 0 Å². The number of alkyl halides is 3. The van der Waals surface area contributed by atoms with E-state index in [0.717, 1.165) is 35.5 Å². The van der Waals surface area contributed by atoms with Gasteiger partial charge >= 0.3 is 6.18 Å². The number of aryl methyl sites for hydroxylation is 1. The summed E-state index contributed by atoms with van der Waals surface area (Å²) in [6, 6.07) is 8.40. The van der Waals surface area contributed by atoms with E-state index in [1.54, 1.807) is 30.1 Å². The second kappa shape index (κ2) is 8.23. The third-order valence-electron chi connectivity index (χ3n) is 5.26. The smallest absolute Gasteiger partial charge is 0.416 e. The van der Waals surface area contributed by atoms with Crippen molar-refractivity contribution in [1.82, 2.24) is 19.9 Å². The number of halogens is 4. The Morgan fingerprint density at radius 1 is 1.18 bits per heavy atom. The van der Waals surface area contributed by atoms with E-state index in [2.05, 4.69) is 10.1 Å². The van der Waals surface area contributed by atoms with Crippen LogP contribution in [0.5, 0.6) is 5.75 Å². The fraction of sp³-hybridized carbons (Fsp3) is 0.227. The summed E-state index contributed by atoms with van der Waals surface area (Å²) < 4.78 is 56.2. The molecule has 0 fully saturated rings. The summed E-state index contributed by atoms with van der Waals surface area (Å²) in [5.41, 5.74) is 7.70. The molecule has 33 heavy (non-hydrogen) atoms. The standard InChI is InChI=1S/C13H12FN5O.C9H7F3O/c1-18(14)13(20)7-3-4-10-8(5-7)9-6-16-19(2)11(9)12(15)17-10;10-9(11,12)7-2-1-6-3-4-13-8(6)5-7/h3-6H,1-2H3,(H2,15,17);1-2,5H,3-4H2. The van der Waals surface area contributed by atoms with Crippen molar-refractivity contribution in [3.8, 4) is 5.75 Å². The van der Waals surface area contributed by atoms with Crippen LogP contribution in [0.1, 0.15) is 21.5 Å². The third kappa shape index (κ3) is 4.26. The summed E-state index contributed by atoms with van der Waals surface area (Å²) in [4.78, 5) is 16.0. The Balaban J connectivity index is 0.000000172. The first-order chi connectivity index (χ1) is 15.6. The van der Waals surface area contributed by atoms with Crippen LogP contribution in [-0.4, -0.2) is 39.4 Å². The van der Waals surface area contributed by atoms with Crippen LogP contribution in [0.4, 0.5) is 23.5 Å². The zero-order valence-corrected chi connectivity index (χ0v) is 17.7. The molecule has 11 heteroatoms. The summed E-state index contributed by atoms with van der Waals surface area (Å²) in [7, 11) is 2.82. The minimum absolute atomic E-state index is 0.0480. The maximum absolute atomic E-state index is 13.0. The summed E-state index contributed by atoms with van der Waals surface area (Å²) in [5, 5.41) is 5.69. The Kier molecular flexibility index (Phi) is 5.56. The molecule has 2 N–H and O–H groups in total. The van der Waals surface area contributed by atoms with Gasteiger partial charge in [-0.3, -0.25) is 9.48 Å². The number of carbonyl (C=O) groups is 1. The monoisotopic (exact) mass is 461 g/mol. The molecule has 4 aromatic rings. The average molecular weight is 461 g/mol. The lowest BCUT2D eigenvalue weighted by Crippen LogP contribution is -2.17. The van der Waals surface area contributed by atoms with Crippen molar-refractivity contribution < 1.29 is 27.2 Å². The molecular weight excluding hydrogens is 442 g/mol. The number of fused-ring (bicyclic) bond motifs is 4. The molecular formula is C22H19F4N5O2.